The third-order valence-corrected chi connectivity index (χ3v) is 3.39. The van der Waals surface area contributed by atoms with Crippen LogP contribution in [0.5, 0.6) is 0 Å². The summed E-state index contributed by atoms with van der Waals surface area (Å²) in [5, 5.41) is 0.570. The topological polar surface area (TPSA) is 54.9 Å². The molecule has 0 spiro atoms. The Morgan fingerprint density at radius 1 is 1.39 bits per heavy atom. The monoisotopic (exact) mass is 328 g/mol. The number of nitrogens with one attached hydrogen (secondary N) is 1. The molecule has 18 heavy (non-hydrogen) atoms. The van der Waals surface area contributed by atoms with E-state index in [2.05, 4.69) is 20.9 Å². The largest absolute Gasteiger partial charge is 0.328 e. The zero-order valence-corrected chi connectivity index (χ0v) is 11.9. The van der Waals surface area contributed by atoms with Crippen LogP contribution in [0.1, 0.15) is 11.1 Å². The smallest absolute Gasteiger partial charge is 0.296 e. The Morgan fingerprint density at radius 2 is 2.11 bits per heavy atom. The number of rotatable bonds is 2. The summed E-state index contributed by atoms with van der Waals surface area (Å²) in [6, 6.07) is 5.45. The second-order valence-corrected chi connectivity index (χ2v) is 5.26. The van der Waals surface area contributed by atoms with Gasteiger partial charge in [-0.15, -0.1) is 0 Å². The van der Waals surface area contributed by atoms with E-state index < -0.39 is 5.69 Å². The van der Waals surface area contributed by atoms with Crippen molar-refractivity contribution in [3.63, 3.8) is 0 Å². The Morgan fingerprint density at radius 3 is 2.78 bits per heavy atom. The van der Waals surface area contributed by atoms with Crippen LogP contribution < -0.4 is 11.2 Å². The summed E-state index contributed by atoms with van der Waals surface area (Å²) >= 11 is 9.40. The number of hydrogen-bond donors (Lipinski definition) is 1. The average Bonchev–Trinajstić information content (AvgIpc) is 2.29. The summed E-state index contributed by atoms with van der Waals surface area (Å²) < 4.78 is 2.30. The van der Waals surface area contributed by atoms with Gasteiger partial charge in [-0.05, 0) is 24.6 Å². The van der Waals surface area contributed by atoms with Crippen LogP contribution >= 0.6 is 27.5 Å². The van der Waals surface area contributed by atoms with Crippen molar-refractivity contribution in [2.45, 2.75) is 13.5 Å². The number of aryl methyl sites for hydroxylation is 1. The molecule has 0 atom stereocenters. The molecule has 0 fully saturated rings. The van der Waals surface area contributed by atoms with E-state index >= 15 is 0 Å². The van der Waals surface area contributed by atoms with E-state index in [4.69, 9.17) is 11.6 Å². The lowest BCUT2D eigenvalue weighted by Gasteiger charge is -2.08. The molecule has 0 bridgehead atoms. The highest BCUT2D eigenvalue weighted by atomic mass is 79.9. The molecule has 4 nitrogen and oxygen atoms in total. The second-order valence-electron chi connectivity index (χ2n) is 3.94. The van der Waals surface area contributed by atoms with Crippen molar-refractivity contribution in [2.75, 3.05) is 0 Å². The van der Waals surface area contributed by atoms with Gasteiger partial charge in [0, 0.05) is 21.3 Å². The standard InChI is InChI=1S/C12H10BrClN2O2/c1-7-5-16(12(18)15-11(7)17)6-8-2-3-9(13)4-10(8)14/h2-5H,6H2,1H3,(H,15,17,18). The lowest BCUT2D eigenvalue weighted by atomic mass is 10.2. The van der Waals surface area contributed by atoms with Crippen molar-refractivity contribution >= 4 is 27.5 Å². The second kappa shape index (κ2) is 5.12. The molecule has 1 heterocycles. The van der Waals surface area contributed by atoms with Crippen LogP contribution in [0.3, 0.4) is 0 Å². The van der Waals surface area contributed by atoms with Gasteiger partial charge in [-0.2, -0.15) is 0 Å². The molecule has 0 amide bonds. The van der Waals surface area contributed by atoms with Crippen LogP contribution in [0.15, 0.2) is 38.5 Å². The number of halogens is 2. The van der Waals surface area contributed by atoms with E-state index in [1.165, 1.54) is 10.8 Å². The molecule has 0 aliphatic heterocycles. The molecule has 94 valence electrons. The van der Waals surface area contributed by atoms with E-state index in [1.54, 1.807) is 13.0 Å². The molecular formula is C12H10BrClN2O2. The molecule has 0 saturated carbocycles. The quantitative estimate of drug-likeness (QED) is 0.919. The van der Waals surface area contributed by atoms with Gasteiger partial charge in [0.2, 0.25) is 0 Å². The van der Waals surface area contributed by atoms with Crippen LogP contribution in [-0.4, -0.2) is 9.55 Å². The van der Waals surface area contributed by atoms with Crippen molar-refractivity contribution in [1.82, 2.24) is 9.55 Å². The van der Waals surface area contributed by atoms with Crippen molar-refractivity contribution < 1.29 is 0 Å². The summed E-state index contributed by atoms with van der Waals surface area (Å²) in [6.45, 7) is 1.97. The number of hydrogen-bond acceptors (Lipinski definition) is 2. The van der Waals surface area contributed by atoms with Gasteiger partial charge in [0.05, 0.1) is 6.54 Å². The van der Waals surface area contributed by atoms with Crippen LogP contribution in [0.25, 0.3) is 0 Å². The molecule has 0 aliphatic rings. The van der Waals surface area contributed by atoms with E-state index in [-0.39, 0.29) is 5.56 Å². The minimum absolute atomic E-state index is 0.322. The lowest BCUT2D eigenvalue weighted by molar-refractivity contribution is 0.713. The Kier molecular flexibility index (Phi) is 3.73. The summed E-state index contributed by atoms with van der Waals surface area (Å²) in [7, 11) is 0. The molecule has 2 aromatic rings. The number of aromatic nitrogens is 2. The fourth-order valence-electron chi connectivity index (χ4n) is 1.57. The van der Waals surface area contributed by atoms with Gasteiger partial charge in [0.15, 0.2) is 0 Å². The van der Waals surface area contributed by atoms with Crippen molar-refractivity contribution in [3.05, 3.63) is 65.9 Å². The van der Waals surface area contributed by atoms with Crippen molar-refractivity contribution in [3.8, 4) is 0 Å². The molecular weight excluding hydrogens is 320 g/mol. The maximum absolute atomic E-state index is 11.6. The zero-order chi connectivity index (χ0) is 13.3. The number of benzene rings is 1. The maximum atomic E-state index is 11.6. The first-order valence-corrected chi connectivity index (χ1v) is 6.39. The van der Waals surface area contributed by atoms with E-state index in [9.17, 15) is 9.59 Å². The zero-order valence-electron chi connectivity index (χ0n) is 9.54. The minimum Gasteiger partial charge on any atom is -0.296 e. The highest BCUT2D eigenvalue weighted by Crippen LogP contribution is 2.21. The molecule has 6 heteroatoms. The number of H-pyrrole nitrogens is 1. The Hall–Kier alpha value is -1.33. The van der Waals surface area contributed by atoms with Gasteiger partial charge in [0.25, 0.3) is 5.56 Å². The fourth-order valence-corrected chi connectivity index (χ4v) is 2.30. The fraction of sp³-hybridized carbons (Fsp3) is 0.167. The van der Waals surface area contributed by atoms with Gasteiger partial charge in [0.1, 0.15) is 0 Å². The van der Waals surface area contributed by atoms with Crippen molar-refractivity contribution in [2.24, 2.45) is 0 Å². The Bertz CT molecular complexity index is 706. The summed E-state index contributed by atoms with van der Waals surface area (Å²) in [4.78, 5) is 25.1. The third-order valence-electron chi connectivity index (χ3n) is 2.54. The first-order chi connectivity index (χ1) is 8.47. The third kappa shape index (κ3) is 2.73. The Balaban J connectivity index is 2.43. The molecule has 1 N–H and O–H groups in total. The Labute approximate surface area is 116 Å². The highest BCUT2D eigenvalue weighted by Gasteiger charge is 2.05. The van der Waals surface area contributed by atoms with Crippen LogP contribution in [0, 0.1) is 6.92 Å². The number of nitrogens with zero attached hydrogens (tertiary/aromatic N) is 1. The van der Waals surface area contributed by atoms with Gasteiger partial charge in [-0.25, -0.2) is 4.79 Å². The lowest BCUT2D eigenvalue weighted by Crippen LogP contribution is -2.31. The van der Waals surface area contributed by atoms with E-state index in [1.807, 2.05) is 12.1 Å². The summed E-state index contributed by atoms with van der Waals surface area (Å²) in [5.74, 6) is 0. The summed E-state index contributed by atoms with van der Waals surface area (Å²) in [6.07, 6.45) is 1.53. The average molecular weight is 330 g/mol. The van der Waals surface area contributed by atoms with Crippen LogP contribution in [-0.2, 0) is 6.54 Å². The molecule has 0 radical (unpaired) electrons. The van der Waals surface area contributed by atoms with E-state index in [0.717, 1.165) is 10.0 Å². The van der Waals surface area contributed by atoms with Gasteiger partial charge in [-0.3, -0.25) is 14.3 Å². The van der Waals surface area contributed by atoms with Gasteiger partial charge < -0.3 is 0 Å². The van der Waals surface area contributed by atoms with Crippen molar-refractivity contribution in [1.29, 1.82) is 0 Å². The maximum Gasteiger partial charge on any atom is 0.328 e. The van der Waals surface area contributed by atoms with Gasteiger partial charge >= 0.3 is 5.69 Å². The molecule has 0 aliphatic carbocycles. The molecule has 1 aromatic heterocycles. The highest BCUT2D eigenvalue weighted by molar-refractivity contribution is 9.10. The first kappa shape index (κ1) is 13.1. The first-order valence-electron chi connectivity index (χ1n) is 5.21. The molecule has 0 unspecified atom stereocenters. The van der Waals surface area contributed by atoms with Gasteiger partial charge in [-0.1, -0.05) is 33.6 Å². The normalized spacial score (nSPS) is 10.6. The molecule has 0 saturated heterocycles. The van der Waals surface area contributed by atoms with Crippen LogP contribution in [0.2, 0.25) is 5.02 Å². The van der Waals surface area contributed by atoms with E-state index in [0.29, 0.717) is 17.1 Å². The minimum atomic E-state index is -0.440. The molecule has 2 rings (SSSR count). The predicted molar refractivity (Wildman–Crippen MR) is 74.3 cm³/mol. The summed E-state index contributed by atoms with van der Waals surface area (Å²) in [5.41, 5.74) is 0.499. The SMILES string of the molecule is Cc1cn(Cc2ccc(Br)cc2Cl)c(=O)[nH]c1=O. The van der Waals surface area contributed by atoms with Crippen LogP contribution in [0.4, 0.5) is 0 Å². The molecule has 1 aromatic carbocycles. The predicted octanol–water partition coefficient (Wildman–Crippen LogP) is 2.31. The number of aromatic amines is 1.